The summed E-state index contributed by atoms with van der Waals surface area (Å²) in [6, 6.07) is 2.16. The third-order valence-corrected chi connectivity index (χ3v) is 2.72. The monoisotopic (exact) mass is 174 g/mol. The number of rotatable bonds is 1. The van der Waals surface area contributed by atoms with Gasteiger partial charge in [-0.3, -0.25) is 0 Å². The van der Waals surface area contributed by atoms with Crippen LogP contribution in [0.5, 0.6) is 0 Å². The number of thiophene rings is 1. The summed E-state index contributed by atoms with van der Waals surface area (Å²) in [6.45, 7) is 6.24. The molecule has 0 aromatic carbocycles. The highest BCUT2D eigenvalue weighted by Crippen LogP contribution is 2.29. The van der Waals surface area contributed by atoms with Gasteiger partial charge in [-0.1, -0.05) is 0 Å². The smallest absolute Gasteiger partial charge is 0.0568 e. The Morgan fingerprint density at radius 3 is 2.30 bits per heavy atom. The first-order valence-corrected chi connectivity index (χ1v) is 4.57. The molecule has 0 fully saturated rings. The molecule has 1 unspecified atom stereocenters. The molecule has 0 saturated heterocycles. The molecule has 2 heteroatoms. The second-order valence-electron chi connectivity index (χ2n) is 2.48. The Kier molecular flexibility index (Phi) is 2.37. The van der Waals surface area contributed by atoms with Crippen molar-refractivity contribution in [2.75, 3.05) is 0 Å². The molecule has 56 valence electrons. The number of aryl methyl sites for hydroxylation is 2. The van der Waals surface area contributed by atoms with Gasteiger partial charge in [0, 0.05) is 9.75 Å². The minimum absolute atomic E-state index is 0.157. The van der Waals surface area contributed by atoms with E-state index in [1.165, 1.54) is 15.3 Å². The van der Waals surface area contributed by atoms with E-state index in [0.717, 1.165) is 0 Å². The van der Waals surface area contributed by atoms with Gasteiger partial charge in [-0.15, -0.1) is 22.9 Å². The molecule has 1 heterocycles. The van der Waals surface area contributed by atoms with Crippen LogP contribution in [0, 0.1) is 13.8 Å². The molecule has 0 N–H and O–H groups in total. The summed E-state index contributed by atoms with van der Waals surface area (Å²) in [7, 11) is 0. The standard InChI is InChI=1S/C8H11ClS/c1-5-4-8(6(2)9)7(3)10-5/h4,6H,1-3H3. The highest BCUT2D eigenvalue weighted by atomic mass is 35.5. The molecule has 1 atom stereocenters. The molecule has 0 aliphatic heterocycles. The lowest BCUT2D eigenvalue weighted by Gasteiger charge is -1.98. The SMILES string of the molecule is Cc1cc(C(C)Cl)c(C)s1. The average Bonchev–Trinajstić information content (AvgIpc) is 2.10. The third-order valence-electron chi connectivity index (χ3n) is 1.51. The van der Waals surface area contributed by atoms with E-state index in [-0.39, 0.29) is 5.38 Å². The van der Waals surface area contributed by atoms with E-state index < -0.39 is 0 Å². The largest absolute Gasteiger partial charge is 0.146 e. The van der Waals surface area contributed by atoms with Gasteiger partial charge in [0.25, 0.3) is 0 Å². The van der Waals surface area contributed by atoms with Crippen LogP contribution in [-0.2, 0) is 0 Å². The first-order chi connectivity index (χ1) is 4.61. The van der Waals surface area contributed by atoms with Gasteiger partial charge in [-0.05, 0) is 32.4 Å². The highest BCUT2D eigenvalue weighted by Gasteiger charge is 2.06. The van der Waals surface area contributed by atoms with E-state index in [2.05, 4.69) is 19.9 Å². The Labute approximate surface area is 70.8 Å². The van der Waals surface area contributed by atoms with Gasteiger partial charge in [0.05, 0.1) is 5.38 Å². The minimum Gasteiger partial charge on any atom is -0.146 e. The zero-order chi connectivity index (χ0) is 7.72. The number of hydrogen-bond acceptors (Lipinski definition) is 1. The second-order valence-corrected chi connectivity index (χ2v) is 4.60. The molecule has 0 radical (unpaired) electrons. The fourth-order valence-electron chi connectivity index (χ4n) is 1.05. The van der Waals surface area contributed by atoms with Gasteiger partial charge >= 0.3 is 0 Å². The Hall–Kier alpha value is -0.0100. The lowest BCUT2D eigenvalue weighted by Crippen LogP contribution is -1.80. The van der Waals surface area contributed by atoms with E-state index in [1.807, 2.05) is 18.3 Å². The molecule has 10 heavy (non-hydrogen) atoms. The average molecular weight is 175 g/mol. The first kappa shape index (κ1) is 8.09. The summed E-state index contributed by atoms with van der Waals surface area (Å²) < 4.78 is 0. The predicted molar refractivity (Wildman–Crippen MR) is 48.1 cm³/mol. The molecule has 1 rings (SSSR count). The van der Waals surface area contributed by atoms with Crippen molar-refractivity contribution < 1.29 is 0 Å². The van der Waals surface area contributed by atoms with Crippen molar-refractivity contribution in [2.45, 2.75) is 26.1 Å². The molecule has 0 saturated carbocycles. The first-order valence-electron chi connectivity index (χ1n) is 3.32. The maximum atomic E-state index is 5.93. The van der Waals surface area contributed by atoms with Crippen molar-refractivity contribution in [2.24, 2.45) is 0 Å². The second kappa shape index (κ2) is 2.93. The maximum absolute atomic E-state index is 5.93. The molecule has 0 bridgehead atoms. The summed E-state index contributed by atoms with van der Waals surface area (Å²) in [5.74, 6) is 0. The van der Waals surface area contributed by atoms with Gasteiger partial charge < -0.3 is 0 Å². The minimum atomic E-state index is 0.157. The van der Waals surface area contributed by atoms with E-state index in [1.54, 1.807) is 0 Å². The van der Waals surface area contributed by atoms with Crippen molar-refractivity contribution >= 4 is 22.9 Å². The summed E-state index contributed by atoms with van der Waals surface area (Å²) >= 11 is 7.74. The predicted octanol–water partition coefficient (Wildman–Crippen LogP) is 3.66. The zero-order valence-electron chi connectivity index (χ0n) is 6.44. The van der Waals surface area contributed by atoms with Crippen molar-refractivity contribution in [3.63, 3.8) is 0 Å². The quantitative estimate of drug-likeness (QED) is 0.570. The Morgan fingerprint density at radius 1 is 1.50 bits per heavy atom. The fraction of sp³-hybridized carbons (Fsp3) is 0.500. The van der Waals surface area contributed by atoms with Crippen LogP contribution in [0.15, 0.2) is 6.07 Å². The molecule has 0 aliphatic rings. The van der Waals surface area contributed by atoms with Gasteiger partial charge in [0.15, 0.2) is 0 Å². The van der Waals surface area contributed by atoms with Gasteiger partial charge in [-0.25, -0.2) is 0 Å². The van der Waals surface area contributed by atoms with Crippen LogP contribution in [0.2, 0.25) is 0 Å². The van der Waals surface area contributed by atoms with Gasteiger partial charge in [-0.2, -0.15) is 0 Å². The van der Waals surface area contributed by atoms with Gasteiger partial charge in [0.2, 0.25) is 0 Å². The molecular weight excluding hydrogens is 164 g/mol. The molecular formula is C8H11ClS. The zero-order valence-corrected chi connectivity index (χ0v) is 8.01. The molecule has 1 aromatic rings. The fourth-order valence-corrected chi connectivity index (χ4v) is 2.36. The molecule has 0 amide bonds. The van der Waals surface area contributed by atoms with Crippen LogP contribution in [-0.4, -0.2) is 0 Å². The van der Waals surface area contributed by atoms with Crippen LogP contribution in [0.4, 0.5) is 0 Å². The van der Waals surface area contributed by atoms with E-state index in [9.17, 15) is 0 Å². The highest BCUT2D eigenvalue weighted by molar-refractivity contribution is 7.12. The summed E-state index contributed by atoms with van der Waals surface area (Å²) in [5, 5.41) is 0.157. The van der Waals surface area contributed by atoms with Crippen LogP contribution < -0.4 is 0 Å². The van der Waals surface area contributed by atoms with Crippen molar-refractivity contribution in [3.05, 3.63) is 21.4 Å². The molecule has 0 aliphatic carbocycles. The lowest BCUT2D eigenvalue weighted by atomic mass is 10.2. The topological polar surface area (TPSA) is 0 Å². The van der Waals surface area contributed by atoms with E-state index >= 15 is 0 Å². The van der Waals surface area contributed by atoms with Crippen LogP contribution in [0.1, 0.15) is 27.6 Å². The molecule has 0 spiro atoms. The number of halogens is 1. The normalized spacial score (nSPS) is 13.6. The number of hydrogen-bond donors (Lipinski definition) is 0. The van der Waals surface area contributed by atoms with E-state index in [0.29, 0.717) is 0 Å². The third kappa shape index (κ3) is 1.53. The Bertz CT molecular complexity index is 225. The Balaban J connectivity index is 3.03. The van der Waals surface area contributed by atoms with Gasteiger partial charge in [0.1, 0.15) is 0 Å². The van der Waals surface area contributed by atoms with Crippen molar-refractivity contribution in [3.8, 4) is 0 Å². The maximum Gasteiger partial charge on any atom is 0.0568 e. The molecule has 0 nitrogen and oxygen atoms in total. The van der Waals surface area contributed by atoms with Crippen LogP contribution in [0.3, 0.4) is 0 Å². The summed E-state index contributed by atoms with van der Waals surface area (Å²) in [6.07, 6.45) is 0. The number of alkyl halides is 1. The Morgan fingerprint density at radius 2 is 2.10 bits per heavy atom. The lowest BCUT2D eigenvalue weighted by molar-refractivity contribution is 1.08. The van der Waals surface area contributed by atoms with Crippen molar-refractivity contribution in [1.29, 1.82) is 0 Å². The summed E-state index contributed by atoms with van der Waals surface area (Å²) in [4.78, 5) is 2.69. The van der Waals surface area contributed by atoms with Crippen molar-refractivity contribution in [1.82, 2.24) is 0 Å². The van der Waals surface area contributed by atoms with E-state index in [4.69, 9.17) is 11.6 Å². The van der Waals surface area contributed by atoms with Crippen LogP contribution in [0.25, 0.3) is 0 Å². The summed E-state index contributed by atoms with van der Waals surface area (Å²) in [5.41, 5.74) is 1.28. The molecule has 1 aromatic heterocycles. The van der Waals surface area contributed by atoms with Crippen LogP contribution >= 0.6 is 22.9 Å².